The van der Waals surface area contributed by atoms with Gasteiger partial charge in [-0.15, -0.1) is 0 Å². The van der Waals surface area contributed by atoms with Crippen LogP contribution in [-0.2, 0) is 6.42 Å². The highest BCUT2D eigenvalue weighted by Gasteiger charge is 2.17. The maximum atomic E-state index is 12.7. The molecule has 2 nitrogen and oxygen atoms in total. The van der Waals surface area contributed by atoms with E-state index >= 15 is 0 Å². The number of aliphatic hydroxyl groups excluding tert-OH is 1. The lowest BCUT2D eigenvalue weighted by Crippen LogP contribution is -2.39. The Morgan fingerprint density at radius 2 is 1.74 bits per heavy atom. The Hall–Kier alpha value is -0.930. The van der Waals surface area contributed by atoms with Crippen LogP contribution < -0.4 is 0 Å². The number of aliphatic hydroxyl groups is 1. The van der Waals surface area contributed by atoms with Gasteiger partial charge in [0, 0.05) is 13.1 Å². The summed E-state index contributed by atoms with van der Waals surface area (Å²) in [6, 6.07) is 6.71. The lowest BCUT2D eigenvalue weighted by molar-refractivity contribution is -0.0147. The molecule has 0 aromatic heterocycles. The van der Waals surface area contributed by atoms with Crippen LogP contribution in [0.15, 0.2) is 24.3 Å². The number of piperidine rings is 1. The van der Waals surface area contributed by atoms with E-state index in [1.807, 2.05) is 12.1 Å². The molecule has 1 heterocycles. The van der Waals surface area contributed by atoms with E-state index in [1.165, 1.54) is 37.0 Å². The minimum atomic E-state index is -0.270. The molecule has 1 fully saturated rings. The molecule has 0 spiro atoms. The maximum Gasteiger partial charge on any atom is 0.123 e. The van der Waals surface area contributed by atoms with Gasteiger partial charge in [-0.1, -0.05) is 18.6 Å². The van der Waals surface area contributed by atoms with Crippen molar-refractivity contribution in [3.63, 3.8) is 0 Å². The fraction of sp³-hybridized carbons (Fsp3) is 0.625. The van der Waals surface area contributed by atoms with Crippen LogP contribution in [0.25, 0.3) is 0 Å². The molecule has 1 atom stereocenters. The third-order valence-corrected chi connectivity index (χ3v) is 3.90. The molecule has 0 saturated carbocycles. The summed E-state index contributed by atoms with van der Waals surface area (Å²) in [5.41, 5.74) is 1.17. The van der Waals surface area contributed by atoms with E-state index in [0.717, 1.165) is 38.8 Å². The third-order valence-electron chi connectivity index (χ3n) is 3.90. The third kappa shape index (κ3) is 4.92. The number of hydrogen-bond acceptors (Lipinski definition) is 2. The van der Waals surface area contributed by atoms with Gasteiger partial charge in [-0.25, -0.2) is 4.39 Å². The second-order valence-electron chi connectivity index (χ2n) is 5.45. The van der Waals surface area contributed by atoms with E-state index in [1.54, 1.807) is 0 Å². The van der Waals surface area contributed by atoms with Crippen molar-refractivity contribution in [2.75, 3.05) is 13.1 Å². The number of halogens is 1. The molecule has 1 aromatic carbocycles. The molecular formula is C16H24FNO. The number of unbranched alkanes of at least 4 members (excludes halogenated alkanes) is 1. The smallest absolute Gasteiger partial charge is 0.123 e. The number of nitrogens with zero attached hydrogens (tertiary/aromatic N) is 1. The highest BCUT2D eigenvalue weighted by Crippen LogP contribution is 2.15. The van der Waals surface area contributed by atoms with Gasteiger partial charge >= 0.3 is 0 Å². The molecule has 3 heteroatoms. The topological polar surface area (TPSA) is 23.5 Å². The normalized spacial score (nSPS) is 18.4. The van der Waals surface area contributed by atoms with Crippen molar-refractivity contribution in [3.05, 3.63) is 35.6 Å². The number of hydrogen-bond donors (Lipinski definition) is 1. The van der Waals surface area contributed by atoms with Gasteiger partial charge in [-0.3, -0.25) is 4.90 Å². The predicted molar refractivity (Wildman–Crippen MR) is 75.4 cm³/mol. The second-order valence-corrected chi connectivity index (χ2v) is 5.45. The molecule has 2 rings (SSSR count). The van der Waals surface area contributed by atoms with E-state index in [4.69, 9.17) is 0 Å². The summed E-state index contributed by atoms with van der Waals surface area (Å²) in [5.74, 6) is -0.177. The van der Waals surface area contributed by atoms with Crippen molar-refractivity contribution in [2.24, 2.45) is 0 Å². The first-order chi connectivity index (χ1) is 9.25. The van der Waals surface area contributed by atoms with Crippen LogP contribution in [-0.4, -0.2) is 29.3 Å². The zero-order chi connectivity index (χ0) is 13.5. The standard InChI is InChI=1S/C16H24FNO/c17-15-10-8-14(9-11-15)6-2-3-7-16(19)18-12-4-1-5-13-18/h8-11,16,19H,1-7,12-13H2. The molecule has 0 aliphatic carbocycles. The summed E-state index contributed by atoms with van der Waals surface area (Å²) in [5, 5.41) is 10.1. The molecule has 1 N–H and O–H groups in total. The van der Waals surface area contributed by atoms with Gasteiger partial charge in [0.05, 0.1) is 0 Å². The Morgan fingerprint density at radius 3 is 2.42 bits per heavy atom. The van der Waals surface area contributed by atoms with Gasteiger partial charge in [-0.2, -0.15) is 0 Å². The van der Waals surface area contributed by atoms with E-state index in [-0.39, 0.29) is 12.0 Å². The first-order valence-electron chi connectivity index (χ1n) is 7.42. The summed E-state index contributed by atoms with van der Waals surface area (Å²) in [6.45, 7) is 2.08. The Labute approximate surface area is 115 Å². The van der Waals surface area contributed by atoms with Crippen LogP contribution in [0.3, 0.4) is 0 Å². The van der Waals surface area contributed by atoms with Crippen molar-refractivity contribution in [1.29, 1.82) is 0 Å². The van der Waals surface area contributed by atoms with Crippen molar-refractivity contribution in [3.8, 4) is 0 Å². The Bertz CT molecular complexity index is 360. The van der Waals surface area contributed by atoms with Crippen LogP contribution in [0.2, 0.25) is 0 Å². The molecule has 0 amide bonds. The molecule has 1 unspecified atom stereocenters. The first kappa shape index (κ1) is 14.5. The molecule has 0 bridgehead atoms. The average molecular weight is 265 g/mol. The van der Waals surface area contributed by atoms with Gasteiger partial charge in [0.2, 0.25) is 0 Å². The summed E-state index contributed by atoms with van der Waals surface area (Å²) in [7, 11) is 0. The molecule has 1 aliphatic rings. The van der Waals surface area contributed by atoms with Gasteiger partial charge in [0.1, 0.15) is 12.0 Å². The lowest BCUT2D eigenvalue weighted by Gasteiger charge is -2.31. The molecule has 0 radical (unpaired) electrons. The lowest BCUT2D eigenvalue weighted by atomic mass is 10.1. The van der Waals surface area contributed by atoms with E-state index in [2.05, 4.69) is 4.90 Å². The summed E-state index contributed by atoms with van der Waals surface area (Å²) in [4.78, 5) is 2.20. The maximum absolute atomic E-state index is 12.7. The Morgan fingerprint density at radius 1 is 1.05 bits per heavy atom. The van der Waals surface area contributed by atoms with Crippen LogP contribution in [0.4, 0.5) is 4.39 Å². The molecule has 106 valence electrons. The highest BCUT2D eigenvalue weighted by molar-refractivity contribution is 5.15. The summed E-state index contributed by atoms with van der Waals surface area (Å²) in [6.07, 6.45) is 7.35. The molecule has 1 saturated heterocycles. The zero-order valence-corrected chi connectivity index (χ0v) is 11.5. The quantitative estimate of drug-likeness (QED) is 0.797. The summed E-state index contributed by atoms with van der Waals surface area (Å²) < 4.78 is 12.7. The second kappa shape index (κ2) is 7.61. The minimum absolute atomic E-state index is 0.177. The monoisotopic (exact) mass is 265 g/mol. The van der Waals surface area contributed by atoms with Crippen molar-refractivity contribution in [1.82, 2.24) is 4.90 Å². The highest BCUT2D eigenvalue weighted by atomic mass is 19.1. The minimum Gasteiger partial charge on any atom is -0.378 e. The summed E-state index contributed by atoms with van der Waals surface area (Å²) >= 11 is 0. The number of rotatable bonds is 6. The van der Waals surface area contributed by atoms with Crippen LogP contribution in [0, 0.1) is 5.82 Å². The van der Waals surface area contributed by atoms with Gasteiger partial charge in [0.15, 0.2) is 0 Å². The predicted octanol–water partition coefficient (Wildman–Crippen LogP) is 3.34. The molecule has 19 heavy (non-hydrogen) atoms. The van der Waals surface area contributed by atoms with Crippen LogP contribution in [0.1, 0.15) is 44.1 Å². The van der Waals surface area contributed by atoms with Crippen molar-refractivity contribution < 1.29 is 9.50 Å². The van der Waals surface area contributed by atoms with Crippen LogP contribution in [0.5, 0.6) is 0 Å². The van der Waals surface area contributed by atoms with E-state index in [9.17, 15) is 9.50 Å². The van der Waals surface area contributed by atoms with Crippen molar-refractivity contribution >= 4 is 0 Å². The van der Waals surface area contributed by atoms with E-state index < -0.39 is 0 Å². The van der Waals surface area contributed by atoms with Gasteiger partial charge in [-0.05, 0) is 56.2 Å². The Kier molecular flexibility index (Phi) is 5.80. The first-order valence-corrected chi connectivity index (χ1v) is 7.42. The number of aryl methyl sites for hydroxylation is 1. The fourth-order valence-corrected chi connectivity index (χ4v) is 2.71. The van der Waals surface area contributed by atoms with E-state index in [0.29, 0.717) is 0 Å². The van der Waals surface area contributed by atoms with Crippen LogP contribution >= 0.6 is 0 Å². The zero-order valence-electron chi connectivity index (χ0n) is 11.5. The van der Waals surface area contributed by atoms with Gasteiger partial charge in [0.25, 0.3) is 0 Å². The molecule has 1 aliphatic heterocycles. The number of likely N-dealkylation sites (tertiary alicyclic amines) is 1. The Balaban J connectivity index is 1.62. The number of benzene rings is 1. The van der Waals surface area contributed by atoms with Crippen molar-refractivity contribution in [2.45, 2.75) is 51.2 Å². The molecular weight excluding hydrogens is 241 g/mol. The fourth-order valence-electron chi connectivity index (χ4n) is 2.71. The molecule has 1 aromatic rings. The SMILES string of the molecule is OC(CCCCc1ccc(F)cc1)N1CCCCC1. The largest absolute Gasteiger partial charge is 0.378 e. The van der Waals surface area contributed by atoms with Gasteiger partial charge < -0.3 is 5.11 Å². The average Bonchev–Trinajstić information content (AvgIpc) is 2.46.